The average Bonchev–Trinajstić information content (AvgIpc) is 3.03. The number of halogens is 2. The lowest BCUT2D eigenvalue weighted by Crippen LogP contribution is -2.54. The molecule has 0 aliphatic carbocycles. The zero-order valence-corrected chi connectivity index (χ0v) is 16.0. The summed E-state index contributed by atoms with van der Waals surface area (Å²) >= 11 is 11.9. The number of carbonyl (C=O) groups excluding carboxylic acids is 1. The van der Waals surface area contributed by atoms with Crippen LogP contribution in [0.3, 0.4) is 0 Å². The van der Waals surface area contributed by atoms with Crippen LogP contribution in [0.15, 0.2) is 23.1 Å². The van der Waals surface area contributed by atoms with Gasteiger partial charge in [0.2, 0.25) is 15.9 Å². The summed E-state index contributed by atoms with van der Waals surface area (Å²) in [6, 6.07) is 4.34. The number of sulfonamides is 1. The van der Waals surface area contributed by atoms with E-state index in [0.717, 1.165) is 6.42 Å². The van der Waals surface area contributed by atoms with Gasteiger partial charge >= 0.3 is 0 Å². The Bertz CT molecular complexity index is 766. The fraction of sp³-hybridized carbons (Fsp3) is 0.533. The van der Waals surface area contributed by atoms with Crippen molar-refractivity contribution in [3.63, 3.8) is 0 Å². The summed E-state index contributed by atoms with van der Waals surface area (Å²) in [7, 11) is -3.74. The van der Waals surface area contributed by atoms with Gasteiger partial charge in [0.25, 0.3) is 0 Å². The van der Waals surface area contributed by atoms with Gasteiger partial charge in [-0.3, -0.25) is 10.2 Å². The molecule has 2 fully saturated rings. The predicted molar refractivity (Wildman–Crippen MR) is 95.9 cm³/mol. The van der Waals surface area contributed by atoms with E-state index in [-0.39, 0.29) is 41.0 Å². The maximum atomic E-state index is 12.8. The number of amides is 1. The first-order valence-corrected chi connectivity index (χ1v) is 10.2. The summed E-state index contributed by atoms with van der Waals surface area (Å²) in [5.74, 6) is -0.00492. The van der Waals surface area contributed by atoms with Crippen LogP contribution in [0, 0.1) is 0 Å². The van der Waals surface area contributed by atoms with E-state index in [1.807, 2.05) is 6.92 Å². The van der Waals surface area contributed by atoms with Crippen LogP contribution in [-0.4, -0.2) is 61.8 Å². The number of piperazine rings is 1. The molecule has 2 aliphatic rings. The molecule has 3 rings (SSSR count). The summed E-state index contributed by atoms with van der Waals surface area (Å²) in [5.41, 5.74) is 6.00. The van der Waals surface area contributed by atoms with Crippen molar-refractivity contribution in [2.24, 2.45) is 0 Å². The highest BCUT2D eigenvalue weighted by atomic mass is 35.5. The molecule has 1 aromatic rings. The molecule has 1 aromatic carbocycles. The Morgan fingerprint density at radius 2 is 1.84 bits per heavy atom. The zero-order chi connectivity index (χ0) is 18.2. The highest BCUT2D eigenvalue weighted by Gasteiger charge is 2.35. The Balaban J connectivity index is 1.67. The number of benzene rings is 1. The fourth-order valence-corrected chi connectivity index (χ4v) is 5.22. The summed E-state index contributed by atoms with van der Waals surface area (Å²) in [6.07, 6.45) is 0.718. The lowest BCUT2D eigenvalue weighted by atomic mass is 10.1. The molecule has 2 atom stereocenters. The summed E-state index contributed by atoms with van der Waals surface area (Å²) < 4.78 is 26.9. The minimum Gasteiger partial charge on any atom is -0.339 e. The second kappa shape index (κ2) is 7.38. The number of hydrogen-bond acceptors (Lipinski definition) is 5. The molecule has 2 heterocycles. The SMILES string of the molecule is CC1CC(C(=O)N2CCN(S(=O)(=O)c3cc(Cl)ccc3Cl)CC2)NN1. The molecule has 2 saturated heterocycles. The van der Waals surface area contributed by atoms with E-state index in [1.165, 1.54) is 16.4 Å². The molecule has 0 saturated carbocycles. The number of nitrogens with one attached hydrogen (secondary N) is 2. The predicted octanol–water partition coefficient (Wildman–Crippen LogP) is 1.08. The van der Waals surface area contributed by atoms with Crippen LogP contribution in [0.5, 0.6) is 0 Å². The van der Waals surface area contributed by atoms with Crippen LogP contribution in [0.25, 0.3) is 0 Å². The van der Waals surface area contributed by atoms with E-state index in [4.69, 9.17) is 23.2 Å². The number of rotatable bonds is 3. The van der Waals surface area contributed by atoms with Gasteiger partial charge < -0.3 is 4.90 Å². The summed E-state index contributed by atoms with van der Waals surface area (Å²) in [4.78, 5) is 14.2. The minimum atomic E-state index is -3.74. The quantitative estimate of drug-likeness (QED) is 0.784. The second-order valence-corrected chi connectivity index (χ2v) is 9.03. The van der Waals surface area contributed by atoms with E-state index < -0.39 is 10.0 Å². The minimum absolute atomic E-state index is 0.00284. The van der Waals surface area contributed by atoms with Crippen molar-refractivity contribution in [3.8, 4) is 0 Å². The molecule has 0 bridgehead atoms. The van der Waals surface area contributed by atoms with Crippen LogP contribution in [-0.2, 0) is 14.8 Å². The number of nitrogens with zero attached hydrogens (tertiary/aromatic N) is 2. The molecule has 0 radical (unpaired) electrons. The highest BCUT2D eigenvalue weighted by molar-refractivity contribution is 7.89. The molecule has 138 valence electrons. The van der Waals surface area contributed by atoms with Crippen molar-refractivity contribution in [2.45, 2.75) is 30.3 Å². The van der Waals surface area contributed by atoms with Crippen molar-refractivity contribution < 1.29 is 13.2 Å². The third kappa shape index (κ3) is 3.94. The molecule has 0 aromatic heterocycles. The maximum Gasteiger partial charge on any atom is 0.244 e. The first-order valence-electron chi connectivity index (χ1n) is 8.04. The largest absolute Gasteiger partial charge is 0.339 e. The van der Waals surface area contributed by atoms with Gasteiger partial charge in [0.05, 0.1) is 5.02 Å². The lowest BCUT2D eigenvalue weighted by molar-refractivity contribution is -0.134. The van der Waals surface area contributed by atoms with Crippen LogP contribution >= 0.6 is 23.2 Å². The average molecular weight is 407 g/mol. The van der Waals surface area contributed by atoms with Gasteiger partial charge in [-0.2, -0.15) is 4.31 Å². The normalized spacial score (nSPS) is 25.3. The Labute approximate surface area is 157 Å². The number of carbonyl (C=O) groups is 1. The zero-order valence-electron chi connectivity index (χ0n) is 13.7. The Morgan fingerprint density at radius 3 is 2.44 bits per heavy atom. The van der Waals surface area contributed by atoms with Crippen LogP contribution in [0.1, 0.15) is 13.3 Å². The fourth-order valence-electron chi connectivity index (χ4n) is 3.06. The molecule has 7 nitrogen and oxygen atoms in total. The Hall–Kier alpha value is -0.900. The molecular formula is C15H20Cl2N4O3S. The molecule has 10 heteroatoms. The van der Waals surface area contributed by atoms with Gasteiger partial charge in [-0.15, -0.1) is 0 Å². The van der Waals surface area contributed by atoms with Crippen molar-refractivity contribution in [3.05, 3.63) is 28.2 Å². The molecule has 2 N–H and O–H groups in total. The molecule has 25 heavy (non-hydrogen) atoms. The van der Waals surface area contributed by atoms with E-state index >= 15 is 0 Å². The summed E-state index contributed by atoms with van der Waals surface area (Å²) in [6.45, 7) is 3.16. The van der Waals surface area contributed by atoms with Crippen LogP contribution < -0.4 is 10.9 Å². The topological polar surface area (TPSA) is 81.8 Å². The van der Waals surface area contributed by atoms with E-state index in [0.29, 0.717) is 18.1 Å². The second-order valence-electron chi connectivity index (χ2n) is 6.28. The van der Waals surface area contributed by atoms with Gasteiger partial charge in [-0.05, 0) is 31.5 Å². The molecular weight excluding hydrogens is 387 g/mol. The third-order valence-corrected chi connectivity index (χ3v) is 7.07. The van der Waals surface area contributed by atoms with Crippen molar-refractivity contribution in [1.82, 2.24) is 20.1 Å². The van der Waals surface area contributed by atoms with Gasteiger partial charge in [-0.1, -0.05) is 23.2 Å². The van der Waals surface area contributed by atoms with E-state index in [9.17, 15) is 13.2 Å². The van der Waals surface area contributed by atoms with Gasteiger partial charge in [0.15, 0.2) is 0 Å². The van der Waals surface area contributed by atoms with Crippen molar-refractivity contribution in [2.75, 3.05) is 26.2 Å². The van der Waals surface area contributed by atoms with E-state index in [2.05, 4.69) is 10.9 Å². The van der Waals surface area contributed by atoms with Gasteiger partial charge in [0.1, 0.15) is 10.9 Å². The van der Waals surface area contributed by atoms with Gasteiger partial charge in [-0.25, -0.2) is 13.8 Å². The molecule has 2 unspecified atom stereocenters. The van der Waals surface area contributed by atoms with Crippen LogP contribution in [0.4, 0.5) is 0 Å². The Morgan fingerprint density at radius 1 is 1.16 bits per heavy atom. The smallest absolute Gasteiger partial charge is 0.244 e. The first kappa shape index (κ1) is 18.9. The van der Waals surface area contributed by atoms with Crippen LogP contribution in [0.2, 0.25) is 10.0 Å². The number of hydrogen-bond donors (Lipinski definition) is 2. The Kier molecular flexibility index (Phi) is 5.57. The molecule has 1 amide bonds. The van der Waals surface area contributed by atoms with E-state index in [1.54, 1.807) is 11.0 Å². The molecule has 2 aliphatic heterocycles. The van der Waals surface area contributed by atoms with Crippen molar-refractivity contribution in [1.29, 1.82) is 0 Å². The number of hydrazine groups is 1. The summed E-state index contributed by atoms with van der Waals surface area (Å²) in [5, 5.41) is 0.448. The monoisotopic (exact) mass is 406 g/mol. The molecule has 0 spiro atoms. The maximum absolute atomic E-state index is 12.8. The van der Waals surface area contributed by atoms with Gasteiger partial charge in [0, 0.05) is 37.2 Å². The third-order valence-electron chi connectivity index (χ3n) is 4.45. The van der Waals surface area contributed by atoms with Crippen molar-refractivity contribution >= 4 is 39.1 Å². The first-order chi connectivity index (χ1) is 11.8. The highest BCUT2D eigenvalue weighted by Crippen LogP contribution is 2.28. The lowest BCUT2D eigenvalue weighted by Gasteiger charge is -2.35. The standard InChI is InChI=1S/C15H20Cl2N4O3S/c1-10-8-13(19-18-10)15(22)20-4-6-21(7-5-20)25(23,24)14-9-11(16)2-3-12(14)17/h2-3,9-10,13,18-19H,4-8H2,1H3.